The van der Waals surface area contributed by atoms with Gasteiger partial charge in [0.2, 0.25) is 15.8 Å². The number of aromatic nitrogens is 1. The van der Waals surface area contributed by atoms with Gasteiger partial charge in [-0.3, -0.25) is 5.32 Å². The number of nitriles is 2. The molecular formula is C22H18N8O2S. The first-order valence-electron chi connectivity index (χ1n) is 9.67. The fourth-order valence-electron chi connectivity index (χ4n) is 3.50. The molecule has 4 rings (SSSR count). The summed E-state index contributed by atoms with van der Waals surface area (Å²) in [7, 11) is -3.71. The van der Waals surface area contributed by atoms with Crippen molar-refractivity contribution in [1.82, 2.24) is 10.3 Å². The Kier molecular flexibility index (Phi) is 5.34. The number of rotatable bonds is 3. The molecule has 3 aromatic rings. The van der Waals surface area contributed by atoms with E-state index in [2.05, 4.69) is 20.6 Å². The van der Waals surface area contributed by atoms with E-state index in [0.29, 0.717) is 11.1 Å². The smallest absolute Gasteiger partial charge is 0.211 e. The van der Waals surface area contributed by atoms with Gasteiger partial charge in [-0.2, -0.15) is 10.5 Å². The molecule has 0 fully saturated rings. The number of benzene rings is 2. The van der Waals surface area contributed by atoms with Gasteiger partial charge in [0.15, 0.2) is 6.19 Å². The fourth-order valence-corrected chi connectivity index (χ4v) is 4.77. The Balaban J connectivity index is 1.80. The molecule has 2 aromatic carbocycles. The minimum Gasteiger partial charge on any atom is -0.397 e. The Morgan fingerprint density at radius 1 is 1.03 bits per heavy atom. The van der Waals surface area contributed by atoms with Crippen LogP contribution >= 0.6 is 0 Å². The van der Waals surface area contributed by atoms with Crippen LogP contribution in [0.4, 0.5) is 17.3 Å². The van der Waals surface area contributed by atoms with Gasteiger partial charge in [-0.05, 0) is 36.8 Å². The quantitative estimate of drug-likeness (QED) is 0.337. The van der Waals surface area contributed by atoms with Crippen molar-refractivity contribution >= 4 is 33.1 Å². The first kappa shape index (κ1) is 21.6. The van der Waals surface area contributed by atoms with Crippen LogP contribution in [0.25, 0.3) is 0 Å². The Morgan fingerprint density at radius 3 is 2.21 bits per heavy atom. The number of sulfone groups is 1. The highest BCUT2D eigenvalue weighted by molar-refractivity contribution is 7.91. The number of guanidine groups is 1. The highest BCUT2D eigenvalue weighted by Crippen LogP contribution is 2.40. The predicted octanol–water partition coefficient (Wildman–Crippen LogP) is 2.20. The van der Waals surface area contributed by atoms with Gasteiger partial charge in [0.1, 0.15) is 29.3 Å². The Hall–Kier alpha value is -4.61. The molecule has 6 N–H and O–H groups in total. The largest absolute Gasteiger partial charge is 0.397 e. The third kappa shape index (κ3) is 3.78. The summed E-state index contributed by atoms with van der Waals surface area (Å²) < 4.78 is 26.0. The summed E-state index contributed by atoms with van der Waals surface area (Å²) in [5, 5.41) is 23.7. The van der Waals surface area contributed by atoms with Crippen LogP contribution in [-0.2, 0) is 9.84 Å². The number of anilines is 3. The van der Waals surface area contributed by atoms with Crippen LogP contribution in [0.15, 0.2) is 63.3 Å². The molecule has 0 saturated heterocycles. The lowest BCUT2D eigenvalue weighted by Crippen LogP contribution is -2.32. The molecule has 10 nitrogen and oxygen atoms in total. The fraction of sp³-hybridized carbons (Fsp3) is 0.0909. The van der Waals surface area contributed by atoms with E-state index in [1.807, 2.05) is 13.0 Å². The van der Waals surface area contributed by atoms with Crippen LogP contribution in [-0.4, -0.2) is 19.4 Å². The zero-order chi connectivity index (χ0) is 23.8. The van der Waals surface area contributed by atoms with Crippen LogP contribution in [0.5, 0.6) is 0 Å². The third-order valence-electron chi connectivity index (χ3n) is 5.19. The van der Waals surface area contributed by atoms with Crippen LogP contribution < -0.4 is 22.1 Å². The van der Waals surface area contributed by atoms with Crippen molar-refractivity contribution in [3.63, 3.8) is 0 Å². The van der Waals surface area contributed by atoms with E-state index in [0.717, 1.165) is 5.56 Å². The second-order valence-corrected chi connectivity index (χ2v) is 9.24. The summed E-state index contributed by atoms with van der Waals surface area (Å²) in [5.74, 6) is 0.304. The van der Waals surface area contributed by atoms with Crippen molar-refractivity contribution in [2.24, 2.45) is 4.99 Å². The molecule has 1 atom stereocenters. The number of nitrogens with one attached hydrogen (secondary N) is 2. The van der Waals surface area contributed by atoms with Crippen LogP contribution in [0.2, 0.25) is 0 Å². The molecule has 0 saturated carbocycles. The van der Waals surface area contributed by atoms with Gasteiger partial charge < -0.3 is 16.8 Å². The molecule has 0 radical (unpaired) electrons. The molecule has 164 valence electrons. The Bertz CT molecular complexity index is 1470. The zero-order valence-corrected chi connectivity index (χ0v) is 18.2. The number of nitrogens with two attached hydrogens (primary N) is 2. The number of fused-ring (bicyclic) bond motifs is 1. The van der Waals surface area contributed by atoms with Gasteiger partial charge in [0.25, 0.3) is 0 Å². The summed E-state index contributed by atoms with van der Waals surface area (Å²) in [6, 6.07) is 13.9. The van der Waals surface area contributed by atoms with Crippen LogP contribution in [0.3, 0.4) is 0 Å². The van der Waals surface area contributed by atoms with Crippen LogP contribution in [0, 0.1) is 29.7 Å². The Morgan fingerprint density at radius 2 is 1.64 bits per heavy atom. The third-order valence-corrected chi connectivity index (χ3v) is 6.98. The van der Waals surface area contributed by atoms with Crippen LogP contribution in [0.1, 0.15) is 28.3 Å². The van der Waals surface area contributed by atoms with Crippen molar-refractivity contribution in [3.8, 4) is 12.3 Å². The van der Waals surface area contributed by atoms with Crippen molar-refractivity contribution in [2.45, 2.75) is 22.8 Å². The van der Waals surface area contributed by atoms with Crippen molar-refractivity contribution in [1.29, 1.82) is 10.5 Å². The molecule has 1 aliphatic heterocycles. The van der Waals surface area contributed by atoms with Crippen molar-refractivity contribution in [3.05, 3.63) is 70.8 Å². The highest BCUT2D eigenvalue weighted by atomic mass is 32.2. The molecule has 1 aromatic heterocycles. The summed E-state index contributed by atoms with van der Waals surface area (Å²) in [6.45, 7) is 1.88. The van der Waals surface area contributed by atoms with Gasteiger partial charge in [0.05, 0.1) is 15.5 Å². The molecule has 0 aliphatic carbocycles. The Labute approximate surface area is 190 Å². The van der Waals surface area contributed by atoms with E-state index in [1.165, 1.54) is 12.1 Å². The van der Waals surface area contributed by atoms with E-state index >= 15 is 0 Å². The number of nitrogens with zero attached hydrogens (tertiary/aromatic N) is 4. The molecule has 0 amide bonds. The van der Waals surface area contributed by atoms with Crippen molar-refractivity contribution < 1.29 is 8.42 Å². The molecular weight excluding hydrogens is 440 g/mol. The second kappa shape index (κ2) is 8.15. The molecule has 2 heterocycles. The van der Waals surface area contributed by atoms with E-state index in [1.54, 1.807) is 42.6 Å². The van der Waals surface area contributed by atoms with Gasteiger partial charge in [-0.25, -0.2) is 18.4 Å². The number of aryl methyl sites for hydroxylation is 1. The number of nitrogen functional groups attached to an aromatic ring is 2. The summed E-state index contributed by atoms with van der Waals surface area (Å²) in [6.07, 6.45) is 1.78. The maximum Gasteiger partial charge on any atom is 0.211 e. The molecule has 33 heavy (non-hydrogen) atoms. The van der Waals surface area contributed by atoms with Gasteiger partial charge in [-0.15, -0.1) is 0 Å². The average molecular weight is 459 g/mol. The van der Waals surface area contributed by atoms with Crippen molar-refractivity contribution in [2.75, 3.05) is 16.8 Å². The second-order valence-electron chi connectivity index (χ2n) is 7.29. The number of aliphatic imine (C=N–C) groups is 1. The van der Waals surface area contributed by atoms with E-state index in [9.17, 15) is 13.7 Å². The first-order valence-corrected chi connectivity index (χ1v) is 11.1. The lowest BCUT2D eigenvalue weighted by molar-refractivity contribution is 0.596. The summed E-state index contributed by atoms with van der Waals surface area (Å²) in [4.78, 5) is 8.96. The maximum absolute atomic E-state index is 13.0. The zero-order valence-electron chi connectivity index (χ0n) is 17.4. The molecule has 0 bridgehead atoms. The molecule has 0 spiro atoms. The lowest BCUT2D eigenvalue weighted by atomic mass is 9.95. The minimum absolute atomic E-state index is 0.0195. The topological polar surface area (TPSA) is 183 Å². The van der Waals surface area contributed by atoms with E-state index in [4.69, 9.17) is 16.7 Å². The van der Waals surface area contributed by atoms with Gasteiger partial charge in [-0.1, -0.05) is 29.8 Å². The number of pyridine rings is 1. The molecule has 11 heteroatoms. The highest BCUT2D eigenvalue weighted by Gasteiger charge is 2.30. The average Bonchev–Trinajstić information content (AvgIpc) is 2.79. The van der Waals surface area contributed by atoms with Gasteiger partial charge >= 0.3 is 0 Å². The van der Waals surface area contributed by atoms with E-state index in [-0.39, 0.29) is 38.6 Å². The summed E-state index contributed by atoms with van der Waals surface area (Å²) >= 11 is 0. The number of hydrogen-bond donors (Lipinski definition) is 4. The molecule has 1 aliphatic rings. The molecule has 1 unspecified atom stereocenters. The van der Waals surface area contributed by atoms with E-state index < -0.39 is 15.9 Å². The predicted molar refractivity (Wildman–Crippen MR) is 122 cm³/mol. The summed E-state index contributed by atoms with van der Waals surface area (Å²) in [5.41, 5.74) is 14.1. The minimum atomic E-state index is -3.71. The van der Waals surface area contributed by atoms with Gasteiger partial charge in [0, 0.05) is 5.56 Å². The monoisotopic (exact) mass is 458 g/mol. The maximum atomic E-state index is 13.0. The SMILES string of the molecule is Cc1ccc(S(=O)(=O)c2ccc(C3N=C(NC#N)Nc4nc(N)c(C#N)c(N)c43)cc2)cc1. The lowest BCUT2D eigenvalue weighted by Gasteiger charge is -2.26. The number of hydrogen-bond acceptors (Lipinski definition) is 10. The standard InChI is InChI=1S/C22H18N8O2S/c1-12-2-6-14(7-3-12)33(31,32)15-8-4-13(5-9-15)19-17-18(25)16(10-23)20(26)29-21(17)30-22(28-19)27-11-24/h2-9,19H,1H3,(H6,25,26,27,28,29,30). The first-order chi connectivity index (χ1) is 15.8. The normalized spacial score (nSPS) is 14.8.